The van der Waals surface area contributed by atoms with Crippen molar-refractivity contribution in [3.63, 3.8) is 0 Å². The average Bonchev–Trinajstić information content (AvgIpc) is 3.05. The second-order valence-corrected chi connectivity index (χ2v) is 5.65. The number of rotatable bonds is 9. The Kier molecular flexibility index (Phi) is 7.42. The Morgan fingerprint density at radius 3 is 2.62 bits per heavy atom. The van der Waals surface area contributed by atoms with Gasteiger partial charge in [0.2, 0.25) is 0 Å². The molecule has 1 heterocycles. The van der Waals surface area contributed by atoms with Gasteiger partial charge in [0, 0.05) is 5.56 Å². The third-order valence-corrected chi connectivity index (χ3v) is 3.43. The maximum absolute atomic E-state index is 12.0. The molecule has 2 N–H and O–H groups in total. The molecule has 0 saturated heterocycles. The molecule has 0 aliphatic carbocycles. The molecule has 0 spiro atoms. The quantitative estimate of drug-likeness (QED) is 0.410. The highest BCUT2D eigenvalue weighted by molar-refractivity contribution is 5.96. The molecule has 0 aliphatic heterocycles. The van der Waals surface area contributed by atoms with Gasteiger partial charge < -0.3 is 14.5 Å². The summed E-state index contributed by atoms with van der Waals surface area (Å²) in [6.45, 7) is 4.38. The topological polar surface area (TPSA) is 92.9 Å². The summed E-state index contributed by atoms with van der Waals surface area (Å²) >= 11 is 0. The van der Waals surface area contributed by atoms with Crippen LogP contribution < -0.4 is 15.5 Å². The maximum Gasteiger partial charge on any atom is 0.259 e. The molecule has 2 aromatic rings. The zero-order chi connectivity index (χ0) is 18.8. The molecule has 0 saturated carbocycles. The second-order valence-electron chi connectivity index (χ2n) is 5.65. The van der Waals surface area contributed by atoms with E-state index in [1.165, 1.54) is 6.21 Å². The van der Waals surface area contributed by atoms with E-state index in [9.17, 15) is 9.59 Å². The van der Waals surface area contributed by atoms with Crippen molar-refractivity contribution in [1.29, 1.82) is 0 Å². The number of amides is 2. The van der Waals surface area contributed by atoms with Gasteiger partial charge in [0.05, 0.1) is 19.4 Å². The molecule has 0 bridgehead atoms. The molecule has 2 amide bonds. The van der Waals surface area contributed by atoms with Crippen LogP contribution in [-0.2, 0) is 4.79 Å². The molecular formula is C19H23N3O4. The number of aryl methyl sites for hydroxylation is 1. The number of benzene rings is 1. The minimum Gasteiger partial charge on any atom is -0.494 e. The van der Waals surface area contributed by atoms with Crippen molar-refractivity contribution in [3.05, 3.63) is 53.5 Å². The monoisotopic (exact) mass is 357 g/mol. The molecule has 0 fully saturated rings. The van der Waals surface area contributed by atoms with Crippen LogP contribution in [-0.4, -0.2) is 31.2 Å². The van der Waals surface area contributed by atoms with Gasteiger partial charge in [-0.15, -0.1) is 0 Å². The Morgan fingerprint density at radius 1 is 1.19 bits per heavy atom. The largest absolute Gasteiger partial charge is 0.494 e. The molecule has 0 radical (unpaired) electrons. The summed E-state index contributed by atoms with van der Waals surface area (Å²) in [5.74, 6) is 1.23. The zero-order valence-corrected chi connectivity index (χ0v) is 15.0. The van der Waals surface area contributed by atoms with E-state index < -0.39 is 5.91 Å². The van der Waals surface area contributed by atoms with Crippen molar-refractivity contribution in [2.24, 2.45) is 5.10 Å². The van der Waals surface area contributed by atoms with Gasteiger partial charge in [-0.05, 0) is 49.7 Å². The van der Waals surface area contributed by atoms with Gasteiger partial charge >= 0.3 is 0 Å². The van der Waals surface area contributed by atoms with E-state index in [2.05, 4.69) is 22.8 Å². The molecule has 0 aliphatic rings. The van der Waals surface area contributed by atoms with E-state index in [0.29, 0.717) is 17.9 Å². The fourth-order valence-electron chi connectivity index (χ4n) is 2.03. The first-order valence-corrected chi connectivity index (χ1v) is 8.48. The Balaban J connectivity index is 1.73. The Labute approximate surface area is 152 Å². The summed E-state index contributed by atoms with van der Waals surface area (Å²) < 4.78 is 10.8. The molecule has 138 valence electrons. The van der Waals surface area contributed by atoms with Gasteiger partial charge in [0.1, 0.15) is 17.3 Å². The standard InChI is InChI=1S/C19H23N3O4/c1-3-4-11-25-16-9-6-15(7-10-16)19(24)20-13-18(23)22-21-12-17-8-5-14(2)26-17/h5-10,12H,3-4,11,13H2,1-2H3,(H,20,24)(H,22,23)/b21-12+. The van der Waals surface area contributed by atoms with Crippen LogP contribution in [0.2, 0.25) is 0 Å². The minimum atomic E-state index is -0.433. The van der Waals surface area contributed by atoms with Crippen molar-refractivity contribution in [2.45, 2.75) is 26.7 Å². The number of nitrogens with zero attached hydrogens (tertiary/aromatic N) is 1. The van der Waals surface area contributed by atoms with Crippen LogP contribution in [0.25, 0.3) is 0 Å². The fourth-order valence-corrected chi connectivity index (χ4v) is 2.03. The van der Waals surface area contributed by atoms with Crippen LogP contribution >= 0.6 is 0 Å². The van der Waals surface area contributed by atoms with Crippen LogP contribution in [0.3, 0.4) is 0 Å². The molecule has 26 heavy (non-hydrogen) atoms. The predicted molar refractivity (Wildman–Crippen MR) is 98.4 cm³/mol. The van der Waals surface area contributed by atoms with Crippen molar-refractivity contribution in [3.8, 4) is 5.75 Å². The first-order valence-electron chi connectivity index (χ1n) is 8.48. The molecule has 2 rings (SSSR count). The van der Waals surface area contributed by atoms with Crippen LogP contribution in [0, 0.1) is 6.92 Å². The van der Waals surface area contributed by atoms with Crippen molar-refractivity contribution < 1.29 is 18.7 Å². The number of ether oxygens (including phenoxy) is 1. The number of carbonyl (C=O) groups excluding carboxylic acids is 2. The third kappa shape index (κ3) is 6.43. The predicted octanol–water partition coefficient (Wildman–Crippen LogP) is 2.65. The number of hydrazone groups is 1. The molecule has 0 unspecified atom stereocenters. The van der Waals surface area contributed by atoms with E-state index >= 15 is 0 Å². The molecule has 0 atom stereocenters. The fraction of sp³-hybridized carbons (Fsp3) is 0.316. The van der Waals surface area contributed by atoms with Gasteiger partial charge in [-0.2, -0.15) is 5.10 Å². The van der Waals surface area contributed by atoms with Crippen LogP contribution in [0.5, 0.6) is 5.75 Å². The number of furan rings is 1. The highest BCUT2D eigenvalue weighted by Crippen LogP contribution is 2.12. The van der Waals surface area contributed by atoms with Gasteiger partial charge in [0.15, 0.2) is 0 Å². The summed E-state index contributed by atoms with van der Waals surface area (Å²) in [6, 6.07) is 10.3. The lowest BCUT2D eigenvalue weighted by Gasteiger charge is -2.07. The number of unbranched alkanes of at least 4 members (excludes halogenated alkanes) is 1. The zero-order valence-electron chi connectivity index (χ0n) is 15.0. The highest BCUT2D eigenvalue weighted by atomic mass is 16.5. The van der Waals surface area contributed by atoms with Crippen LogP contribution in [0.1, 0.15) is 41.6 Å². The summed E-state index contributed by atoms with van der Waals surface area (Å²) in [5, 5.41) is 6.30. The van der Waals surface area contributed by atoms with E-state index in [4.69, 9.17) is 9.15 Å². The average molecular weight is 357 g/mol. The molecule has 1 aromatic carbocycles. The van der Waals surface area contributed by atoms with Crippen molar-refractivity contribution in [2.75, 3.05) is 13.2 Å². The summed E-state index contributed by atoms with van der Waals surface area (Å²) in [5.41, 5.74) is 2.77. The van der Waals surface area contributed by atoms with Crippen LogP contribution in [0.15, 0.2) is 45.9 Å². The lowest BCUT2D eigenvalue weighted by Crippen LogP contribution is -2.34. The number of carbonyl (C=O) groups is 2. The lowest BCUT2D eigenvalue weighted by molar-refractivity contribution is -0.120. The molecule has 1 aromatic heterocycles. The van der Waals surface area contributed by atoms with Crippen molar-refractivity contribution >= 4 is 18.0 Å². The Hall–Kier alpha value is -3.09. The minimum absolute atomic E-state index is 0.178. The van der Waals surface area contributed by atoms with E-state index in [0.717, 1.165) is 24.4 Å². The second kappa shape index (κ2) is 10.0. The van der Waals surface area contributed by atoms with Gasteiger partial charge in [0.25, 0.3) is 11.8 Å². The number of hydrogen-bond donors (Lipinski definition) is 2. The summed E-state index contributed by atoms with van der Waals surface area (Å²) in [4.78, 5) is 23.7. The van der Waals surface area contributed by atoms with E-state index in [1.54, 1.807) is 36.4 Å². The lowest BCUT2D eigenvalue weighted by atomic mass is 10.2. The van der Waals surface area contributed by atoms with Gasteiger partial charge in [-0.1, -0.05) is 13.3 Å². The number of hydrogen-bond acceptors (Lipinski definition) is 5. The van der Waals surface area contributed by atoms with E-state index in [-0.39, 0.29) is 12.5 Å². The Morgan fingerprint density at radius 2 is 1.96 bits per heavy atom. The van der Waals surface area contributed by atoms with E-state index in [1.807, 2.05) is 6.92 Å². The molecule has 7 heteroatoms. The highest BCUT2D eigenvalue weighted by Gasteiger charge is 2.08. The number of nitrogens with one attached hydrogen (secondary N) is 2. The van der Waals surface area contributed by atoms with Gasteiger partial charge in [-0.3, -0.25) is 9.59 Å². The summed E-state index contributed by atoms with van der Waals surface area (Å²) in [6.07, 6.45) is 3.44. The molecular weight excluding hydrogens is 334 g/mol. The maximum atomic E-state index is 12.0. The van der Waals surface area contributed by atoms with Gasteiger partial charge in [-0.25, -0.2) is 5.43 Å². The SMILES string of the molecule is CCCCOc1ccc(C(=O)NCC(=O)N/N=C/c2ccc(C)o2)cc1. The van der Waals surface area contributed by atoms with Crippen molar-refractivity contribution in [1.82, 2.24) is 10.7 Å². The van der Waals surface area contributed by atoms with Crippen LogP contribution in [0.4, 0.5) is 0 Å². The first kappa shape index (κ1) is 19.2. The normalized spacial score (nSPS) is 10.7. The third-order valence-electron chi connectivity index (χ3n) is 3.43. The molecule has 7 nitrogen and oxygen atoms in total. The summed E-state index contributed by atoms with van der Waals surface area (Å²) in [7, 11) is 0. The Bertz CT molecular complexity index is 750. The first-order chi connectivity index (χ1) is 12.6. The smallest absolute Gasteiger partial charge is 0.259 e.